The van der Waals surface area contributed by atoms with E-state index in [9.17, 15) is 4.79 Å². The second-order valence-corrected chi connectivity index (χ2v) is 6.83. The molecule has 1 aromatic rings. The lowest BCUT2D eigenvalue weighted by atomic mass is 10.1. The number of carbonyl (C=O) groups is 1. The van der Waals surface area contributed by atoms with E-state index < -0.39 is 0 Å². The van der Waals surface area contributed by atoms with E-state index in [1.807, 2.05) is 0 Å². The maximum Gasteiger partial charge on any atom is 0.178 e. The second-order valence-electron chi connectivity index (χ2n) is 5.81. The molecule has 0 unspecified atom stereocenters. The standard InChI is InChI=1S/C15H24N2O2S/c1-9(2)5-4-8-17-15-13(19-3)11(16)14(20-15)12(18)10-6-7-10/h9-10,17H,4-8,16H2,1-3H3. The summed E-state index contributed by atoms with van der Waals surface area (Å²) in [6.07, 6.45) is 4.28. The molecule has 20 heavy (non-hydrogen) atoms. The summed E-state index contributed by atoms with van der Waals surface area (Å²) in [7, 11) is 1.60. The van der Waals surface area contributed by atoms with Crippen LogP contribution < -0.4 is 15.8 Å². The van der Waals surface area contributed by atoms with E-state index >= 15 is 0 Å². The van der Waals surface area contributed by atoms with E-state index in [2.05, 4.69) is 19.2 Å². The Labute approximate surface area is 124 Å². The number of Topliss-reactive ketones (excluding diaryl/α,β-unsaturated/α-hetero) is 1. The van der Waals surface area contributed by atoms with Crippen molar-refractivity contribution in [2.45, 2.75) is 39.5 Å². The Hall–Kier alpha value is -1.23. The molecular formula is C15H24N2O2S. The Bertz CT molecular complexity index is 478. The molecule has 1 aliphatic carbocycles. The number of ketones is 1. The van der Waals surface area contributed by atoms with Gasteiger partial charge in [0.2, 0.25) is 0 Å². The van der Waals surface area contributed by atoms with Gasteiger partial charge >= 0.3 is 0 Å². The zero-order valence-electron chi connectivity index (χ0n) is 12.5. The number of nitrogens with two attached hydrogens (primary N) is 1. The quantitative estimate of drug-likeness (QED) is 0.566. The van der Waals surface area contributed by atoms with E-state index in [0.29, 0.717) is 22.2 Å². The summed E-state index contributed by atoms with van der Waals surface area (Å²) in [4.78, 5) is 12.8. The van der Waals surface area contributed by atoms with Gasteiger partial charge in [0, 0.05) is 12.5 Å². The Balaban J connectivity index is 2.03. The van der Waals surface area contributed by atoms with E-state index in [4.69, 9.17) is 10.5 Å². The van der Waals surface area contributed by atoms with E-state index in [1.165, 1.54) is 17.8 Å². The fourth-order valence-corrected chi connectivity index (χ4v) is 3.31. The number of hydrogen-bond donors (Lipinski definition) is 2. The van der Waals surface area contributed by atoms with E-state index in [-0.39, 0.29) is 11.7 Å². The van der Waals surface area contributed by atoms with Crippen molar-refractivity contribution in [3.8, 4) is 5.75 Å². The molecule has 0 spiro atoms. The van der Waals surface area contributed by atoms with Crippen LogP contribution in [0.1, 0.15) is 49.2 Å². The van der Waals surface area contributed by atoms with E-state index in [0.717, 1.165) is 30.8 Å². The molecule has 3 N–H and O–H groups in total. The molecule has 1 aliphatic rings. The van der Waals surface area contributed by atoms with Crippen LogP contribution in [0.4, 0.5) is 10.7 Å². The summed E-state index contributed by atoms with van der Waals surface area (Å²) < 4.78 is 5.36. The topological polar surface area (TPSA) is 64.3 Å². The number of anilines is 2. The fourth-order valence-electron chi connectivity index (χ4n) is 2.17. The van der Waals surface area contributed by atoms with Crippen molar-refractivity contribution >= 4 is 27.8 Å². The van der Waals surface area contributed by atoms with Crippen LogP contribution in [0.5, 0.6) is 5.75 Å². The lowest BCUT2D eigenvalue weighted by Gasteiger charge is -2.08. The van der Waals surface area contributed by atoms with Crippen molar-refractivity contribution < 1.29 is 9.53 Å². The number of nitrogen functional groups attached to an aromatic ring is 1. The first-order chi connectivity index (χ1) is 9.54. The highest BCUT2D eigenvalue weighted by Crippen LogP contribution is 2.46. The van der Waals surface area contributed by atoms with Gasteiger partial charge in [0.05, 0.1) is 17.7 Å². The van der Waals surface area contributed by atoms with Gasteiger partial charge in [-0.25, -0.2) is 0 Å². The largest absolute Gasteiger partial charge is 0.492 e. The molecular weight excluding hydrogens is 272 g/mol. The third-order valence-corrected chi connectivity index (χ3v) is 4.68. The number of methoxy groups -OCH3 is 1. The molecule has 0 bridgehead atoms. The first kappa shape index (κ1) is 15.2. The highest BCUT2D eigenvalue weighted by atomic mass is 32.1. The molecule has 0 radical (unpaired) electrons. The van der Waals surface area contributed by atoms with Crippen molar-refractivity contribution in [3.63, 3.8) is 0 Å². The van der Waals surface area contributed by atoms with E-state index in [1.54, 1.807) is 7.11 Å². The maximum atomic E-state index is 12.2. The molecule has 2 rings (SSSR count). The monoisotopic (exact) mass is 296 g/mol. The minimum atomic E-state index is 0.182. The molecule has 0 saturated heterocycles. The molecule has 1 heterocycles. The highest BCUT2D eigenvalue weighted by molar-refractivity contribution is 7.19. The van der Waals surface area contributed by atoms with Gasteiger partial charge in [0.1, 0.15) is 5.00 Å². The number of ether oxygens (including phenoxy) is 1. The van der Waals surface area contributed by atoms with Crippen LogP contribution in [0.15, 0.2) is 0 Å². The summed E-state index contributed by atoms with van der Waals surface area (Å²) in [5, 5.41) is 4.24. The Kier molecular flexibility index (Phi) is 4.91. The molecule has 1 saturated carbocycles. The Morgan fingerprint density at radius 2 is 2.20 bits per heavy atom. The third-order valence-electron chi connectivity index (χ3n) is 3.52. The van der Waals surface area contributed by atoms with Gasteiger partial charge in [-0.2, -0.15) is 0 Å². The van der Waals surface area contributed by atoms with Crippen LogP contribution >= 0.6 is 11.3 Å². The molecule has 4 nitrogen and oxygen atoms in total. The van der Waals surface area contributed by atoms with Gasteiger partial charge in [0.15, 0.2) is 11.5 Å². The number of rotatable bonds is 8. The van der Waals surface area contributed by atoms with Crippen LogP contribution in [-0.4, -0.2) is 19.4 Å². The molecule has 0 aromatic carbocycles. The van der Waals surface area contributed by atoms with Crippen LogP contribution in [0.2, 0.25) is 0 Å². The lowest BCUT2D eigenvalue weighted by molar-refractivity contribution is 0.0972. The zero-order chi connectivity index (χ0) is 14.7. The van der Waals surface area contributed by atoms with Crippen molar-refractivity contribution in [1.82, 2.24) is 0 Å². The molecule has 5 heteroatoms. The predicted octanol–water partition coefficient (Wildman–Crippen LogP) is 3.78. The van der Waals surface area contributed by atoms with Crippen molar-refractivity contribution in [2.75, 3.05) is 24.7 Å². The zero-order valence-corrected chi connectivity index (χ0v) is 13.3. The SMILES string of the molecule is COc1c(NCCCC(C)C)sc(C(=O)C2CC2)c1N. The van der Waals surface area contributed by atoms with Crippen LogP contribution in [0.3, 0.4) is 0 Å². The minimum absolute atomic E-state index is 0.182. The number of carbonyl (C=O) groups excluding carboxylic acids is 1. The molecule has 0 amide bonds. The van der Waals surface area contributed by atoms with Gasteiger partial charge in [-0.05, 0) is 31.6 Å². The summed E-state index contributed by atoms with van der Waals surface area (Å²) in [5.74, 6) is 1.71. The van der Waals surface area contributed by atoms with Crippen molar-refractivity contribution in [1.29, 1.82) is 0 Å². The van der Waals surface area contributed by atoms with Gasteiger partial charge < -0.3 is 15.8 Å². The molecule has 1 fully saturated rings. The van der Waals surface area contributed by atoms with Gasteiger partial charge in [-0.3, -0.25) is 4.79 Å². The number of nitrogens with one attached hydrogen (secondary N) is 1. The average Bonchev–Trinajstić information content (AvgIpc) is 3.19. The molecule has 1 aromatic heterocycles. The Morgan fingerprint density at radius 3 is 2.75 bits per heavy atom. The number of thiophene rings is 1. The minimum Gasteiger partial charge on any atom is -0.492 e. The average molecular weight is 296 g/mol. The van der Waals surface area contributed by atoms with Gasteiger partial charge in [0.25, 0.3) is 0 Å². The summed E-state index contributed by atoms with van der Waals surface area (Å²) >= 11 is 1.44. The fraction of sp³-hybridized carbons (Fsp3) is 0.667. The Morgan fingerprint density at radius 1 is 1.50 bits per heavy atom. The van der Waals surface area contributed by atoms with Crippen LogP contribution in [-0.2, 0) is 0 Å². The third kappa shape index (κ3) is 3.45. The van der Waals surface area contributed by atoms with Crippen LogP contribution in [0, 0.1) is 11.8 Å². The molecule has 112 valence electrons. The van der Waals surface area contributed by atoms with Gasteiger partial charge in [-0.1, -0.05) is 13.8 Å². The molecule has 0 aliphatic heterocycles. The molecule has 0 atom stereocenters. The second kappa shape index (κ2) is 6.48. The lowest BCUT2D eigenvalue weighted by Crippen LogP contribution is -2.03. The predicted molar refractivity (Wildman–Crippen MR) is 84.9 cm³/mol. The van der Waals surface area contributed by atoms with Crippen LogP contribution in [0.25, 0.3) is 0 Å². The van der Waals surface area contributed by atoms with Gasteiger partial charge in [-0.15, -0.1) is 11.3 Å². The van der Waals surface area contributed by atoms with Crippen molar-refractivity contribution in [2.24, 2.45) is 11.8 Å². The number of hydrogen-bond acceptors (Lipinski definition) is 5. The first-order valence-corrected chi connectivity index (χ1v) is 8.10. The van der Waals surface area contributed by atoms with Crippen molar-refractivity contribution in [3.05, 3.63) is 4.88 Å². The summed E-state index contributed by atoms with van der Waals surface area (Å²) in [6.45, 7) is 5.32. The normalized spacial score (nSPS) is 14.6. The maximum absolute atomic E-state index is 12.2. The smallest absolute Gasteiger partial charge is 0.178 e. The first-order valence-electron chi connectivity index (χ1n) is 7.29. The highest BCUT2D eigenvalue weighted by Gasteiger charge is 2.34. The summed E-state index contributed by atoms with van der Waals surface area (Å²) in [5.41, 5.74) is 6.56. The summed E-state index contributed by atoms with van der Waals surface area (Å²) in [6, 6.07) is 0.